The predicted molar refractivity (Wildman–Crippen MR) is 39.5 cm³/mol. The van der Waals surface area contributed by atoms with Crippen molar-refractivity contribution in [1.29, 1.82) is 0 Å². The first-order valence-corrected chi connectivity index (χ1v) is 3.52. The van der Waals surface area contributed by atoms with Crippen molar-refractivity contribution in [1.82, 2.24) is 4.98 Å². The normalized spacial score (nSPS) is 8.90. The van der Waals surface area contributed by atoms with Gasteiger partial charge in [0.2, 0.25) is 11.5 Å². The number of rotatable bonds is 1. The van der Waals surface area contributed by atoms with Gasteiger partial charge in [-0.3, -0.25) is 4.98 Å². The van der Waals surface area contributed by atoms with Gasteiger partial charge in [-0.15, -0.1) is 0 Å². The molecule has 1 rings (SSSR count). The fourth-order valence-corrected chi connectivity index (χ4v) is 0.900. The van der Waals surface area contributed by atoms with E-state index in [4.69, 9.17) is 11.6 Å². The second kappa shape index (κ2) is 3.43. The highest BCUT2D eigenvalue weighted by molar-refractivity contribution is 7.54. The van der Waals surface area contributed by atoms with Crippen molar-refractivity contribution in [3.05, 3.63) is 23.5 Å². The molecule has 1 aromatic heterocycles. The average Bonchev–Trinajstić information content (AvgIpc) is 1.94. The Balaban J connectivity index is 3.14. The monoisotopic (exact) mass is 174 g/mol. The first-order chi connectivity index (χ1) is 4.84. The molecule has 10 heavy (non-hydrogen) atoms. The Hall–Kier alpha value is -0.740. The molecule has 0 atom stereocenters. The Morgan fingerprint density at radius 2 is 2.50 bits per heavy atom. The minimum Gasteiger partial charge on any atom is -0.262 e. The van der Waals surface area contributed by atoms with Gasteiger partial charge >= 0.3 is 0 Å². The second-order valence-corrected chi connectivity index (χ2v) is 2.23. The van der Waals surface area contributed by atoms with Gasteiger partial charge in [0.15, 0.2) is 0 Å². The van der Waals surface area contributed by atoms with Crippen LogP contribution in [0.2, 0.25) is 5.02 Å². The Kier molecular flexibility index (Phi) is 2.53. The summed E-state index contributed by atoms with van der Waals surface area (Å²) in [4.78, 5) is 3.73. The smallest absolute Gasteiger partial charge is 0.205 e. The molecule has 5 heteroatoms. The van der Waals surface area contributed by atoms with Crippen molar-refractivity contribution < 1.29 is 4.21 Å². The summed E-state index contributed by atoms with van der Waals surface area (Å²) in [5.74, 6) is 0. The lowest BCUT2D eigenvalue weighted by molar-refractivity contribution is 0.698. The van der Waals surface area contributed by atoms with Gasteiger partial charge in [-0.05, 0) is 6.07 Å². The van der Waals surface area contributed by atoms with Gasteiger partial charge in [0.05, 0.1) is 11.2 Å². The molecule has 0 amide bonds. The van der Waals surface area contributed by atoms with E-state index in [2.05, 4.69) is 9.35 Å². The molecule has 1 heterocycles. The topological polar surface area (TPSA) is 42.3 Å². The van der Waals surface area contributed by atoms with Gasteiger partial charge in [-0.25, -0.2) is 0 Å². The summed E-state index contributed by atoms with van der Waals surface area (Å²) in [6.07, 6.45) is 2.98. The lowest BCUT2D eigenvalue weighted by Crippen LogP contribution is -1.69. The molecule has 0 spiro atoms. The van der Waals surface area contributed by atoms with Crippen LogP contribution in [0.25, 0.3) is 0 Å². The van der Waals surface area contributed by atoms with Crippen molar-refractivity contribution in [2.24, 2.45) is 4.36 Å². The SMILES string of the molecule is O=S=Nc1cnccc1Cl. The number of nitrogens with zero attached hydrogens (tertiary/aromatic N) is 2. The molecule has 0 saturated carbocycles. The summed E-state index contributed by atoms with van der Waals surface area (Å²) in [6, 6.07) is 1.58. The molecule has 52 valence electrons. The maximum absolute atomic E-state index is 9.92. The minimum atomic E-state index is 0.119. The zero-order valence-corrected chi connectivity index (χ0v) is 6.39. The first kappa shape index (κ1) is 7.37. The van der Waals surface area contributed by atoms with Gasteiger partial charge in [0.25, 0.3) is 0 Å². The number of hydrogen-bond donors (Lipinski definition) is 0. The van der Waals surface area contributed by atoms with E-state index in [-0.39, 0.29) is 11.5 Å². The third-order valence-electron chi connectivity index (χ3n) is 0.884. The molecule has 0 N–H and O–H groups in total. The Labute approximate surface area is 66.3 Å². The number of aromatic nitrogens is 1. The summed E-state index contributed by atoms with van der Waals surface area (Å²) >= 11 is 5.74. The molecule has 0 bridgehead atoms. The van der Waals surface area contributed by atoms with E-state index in [0.717, 1.165) is 0 Å². The van der Waals surface area contributed by atoms with Crippen LogP contribution < -0.4 is 0 Å². The van der Waals surface area contributed by atoms with Gasteiger partial charge in [-0.2, -0.15) is 8.57 Å². The molecule has 0 unspecified atom stereocenters. The summed E-state index contributed by atoms with van der Waals surface area (Å²) in [5, 5.41) is 0.443. The number of pyridine rings is 1. The summed E-state index contributed by atoms with van der Waals surface area (Å²) in [7, 11) is 0. The average molecular weight is 175 g/mol. The highest BCUT2D eigenvalue weighted by Gasteiger charge is 1.94. The van der Waals surface area contributed by atoms with E-state index >= 15 is 0 Å². The van der Waals surface area contributed by atoms with Crippen LogP contribution in [0, 0.1) is 0 Å². The second-order valence-electron chi connectivity index (χ2n) is 1.49. The van der Waals surface area contributed by atoms with Gasteiger partial charge in [-0.1, -0.05) is 11.6 Å². The molecule has 0 fully saturated rings. The lowest BCUT2D eigenvalue weighted by Gasteiger charge is -1.89. The molecular weight excluding hydrogens is 172 g/mol. The molecule has 0 aliphatic rings. The van der Waals surface area contributed by atoms with Crippen molar-refractivity contribution >= 4 is 28.8 Å². The molecule has 0 aliphatic heterocycles. The maximum atomic E-state index is 9.92. The zero-order valence-electron chi connectivity index (χ0n) is 4.82. The maximum Gasteiger partial charge on any atom is 0.205 e. The van der Waals surface area contributed by atoms with E-state index in [1.54, 1.807) is 6.07 Å². The van der Waals surface area contributed by atoms with E-state index in [9.17, 15) is 4.21 Å². The minimum absolute atomic E-state index is 0.119. The van der Waals surface area contributed by atoms with E-state index < -0.39 is 0 Å². The molecule has 0 aromatic carbocycles. The van der Waals surface area contributed by atoms with Crippen LogP contribution in [0.4, 0.5) is 5.69 Å². The van der Waals surface area contributed by atoms with Gasteiger partial charge in [0, 0.05) is 6.20 Å². The Morgan fingerprint density at radius 1 is 1.70 bits per heavy atom. The zero-order chi connectivity index (χ0) is 7.40. The summed E-state index contributed by atoms with van der Waals surface area (Å²) in [6.45, 7) is 0. The van der Waals surface area contributed by atoms with Crippen molar-refractivity contribution in [3.63, 3.8) is 0 Å². The van der Waals surface area contributed by atoms with Crippen LogP contribution in [0.15, 0.2) is 22.8 Å². The number of halogens is 1. The molecule has 0 saturated heterocycles. The van der Waals surface area contributed by atoms with Crippen molar-refractivity contribution in [2.45, 2.75) is 0 Å². The standard InChI is InChI=1S/C5H3ClN2OS/c6-4-1-2-7-3-5(4)8-10-9/h1-3H. The van der Waals surface area contributed by atoms with Crippen LogP contribution in [0.5, 0.6) is 0 Å². The molecule has 0 aliphatic carbocycles. The third kappa shape index (κ3) is 1.62. The lowest BCUT2D eigenvalue weighted by atomic mass is 10.4. The van der Waals surface area contributed by atoms with Crippen LogP contribution in [0.3, 0.4) is 0 Å². The highest BCUT2D eigenvalue weighted by atomic mass is 35.5. The largest absolute Gasteiger partial charge is 0.262 e. The molecule has 3 nitrogen and oxygen atoms in total. The van der Waals surface area contributed by atoms with E-state index in [1.807, 2.05) is 0 Å². The fourth-order valence-electron chi connectivity index (χ4n) is 0.476. The molecule has 1 aromatic rings. The first-order valence-electron chi connectivity index (χ1n) is 2.44. The third-order valence-corrected chi connectivity index (χ3v) is 1.47. The molecule has 0 radical (unpaired) electrons. The van der Waals surface area contributed by atoms with Crippen LogP contribution >= 0.6 is 11.6 Å². The van der Waals surface area contributed by atoms with Crippen LogP contribution in [-0.2, 0) is 11.5 Å². The van der Waals surface area contributed by atoms with Crippen molar-refractivity contribution in [3.8, 4) is 0 Å². The quantitative estimate of drug-likeness (QED) is 0.651. The van der Waals surface area contributed by atoms with Gasteiger partial charge < -0.3 is 0 Å². The summed E-state index contributed by atoms with van der Waals surface area (Å²) < 4.78 is 13.4. The molecular formula is C5H3ClN2OS. The Morgan fingerprint density at radius 3 is 3.10 bits per heavy atom. The van der Waals surface area contributed by atoms with E-state index in [1.165, 1.54) is 12.4 Å². The fraction of sp³-hybridized carbons (Fsp3) is 0. The highest BCUT2D eigenvalue weighted by Crippen LogP contribution is 2.21. The Bertz CT molecular complexity index is 285. The van der Waals surface area contributed by atoms with Crippen LogP contribution in [-0.4, -0.2) is 9.19 Å². The predicted octanol–water partition coefficient (Wildman–Crippen LogP) is 1.76. The van der Waals surface area contributed by atoms with E-state index in [0.29, 0.717) is 10.7 Å². The summed E-state index contributed by atoms with van der Waals surface area (Å²) in [5.41, 5.74) is 0.421. The number of hydrogen-bond acceptors (Lipinski definition) is 3. The van der Waals surface area contributed by atoms with Crippen LogP contribution in [0.1, 0.15) is 0 Å². The van der Waals surface area contributed by atoms with Crippen molar-refractivity contribution in [2.75, 3.05) is 0 Å². The van der Waals surface area contributed by atoms with Gasteiger partial charge in [0.1, 0.15) is 5.69 Å².